The molecule has 2 rings (SSSR count). The SMILES string of the molecule is Cc1nc(-c2cncs2)sc1CN. The summed E-state index contributed by atoms with van der Waals surface area (Å²) in [7, 11) is 0. The van der Waals surface area contributed by atoms with Crippen LogP contribution in [0.5, 0.6) is 0 Å². The fourth-order valence-corrected chi connectivity index (χ4v) is 2.66. The first-order valence-corrected chi connectivity index (χ1v) is 5.56. The molecule has 0 fully saturated rings. The van der Waals surface area contributed by atoms with Gasteiger partial charge in [-0.05, 0) is 6.92 Å². The Morgan fingerprint density at radius 3 is 2.92 bits per heavy atom. The molecule has 2 aromatic heterocycles. The van der Waals surface area contributed by atoms with Crippen LogP contribution in [-0.2, 0) is 6.54 Å². The third-order valence-corrected chi connectivity index (χ3v) is 3.84. The summed E-state index contributed by atoms with van der Waals surface area (Å²) < 4.78 is 0. The zero-order chi connectivity index (χ0) is 9.26. The van der Waals surface area contributed by atoms with Crippen LogP contribution in [0.1, 0.15) is 10.6 Å². The number of nitrogens with zero attached hydrogens (tertiary/aromatic N) is 2. The van der Waals surface area contributed by atoms with Crippen LogP contribution in [-0.4, -0.2) is 9.97 Å². The van der Waals surface area contributed by atoms with E-state index in [0.717, 1.165) is 20.5 Å². The minimum Gasteiger partial charge on any atom is -0.326 e. The van der Waals surface area contributed by atoms with Gasteiger partial charge in [0.05, 0.1) is 16.1 Å². The Kier molecular flexibility index (Phi) is 2.39. The number of thiazole rings is 2. The van der Waals surface area contributed by atoms with Crippen molar-refractivity contribution in [1.29, 1.82) is 0 Å². The van der Waals surface area contributed by atoms with Crippen molar-refractivity contribution in [2.45, 2.75) is 13.5 Å². The van der Waals surface area contributed by atoms with Gasteiger partial charge >= 0.3 is 0 Å². The predicted molar refractivity (Wildman–Crippen MR) is 55.9 cm³/mol. The molecule has 3 nitrogen and oxygen atoms in total. The normalized spacial score (nSPS) is 10.6. The number of rotatable bonds is 2. The first-order chi connectivity index (χ1) is 6.31. The zero-order valence-corrected chi connectivity index (χ0v) is 8.78. The van der Waals surface area contributed by atoms with Crippen LogP contribution < -0.4 is 5.73 Å². The molecule has 68 valence electrons. The Bertz CT molecular complexity index is 391. The van der Waals surface area contributed by atoms with Crippen LogP contribution in [0.15, 0.2) is 11.7 Å². The molecule has 0 aliphatic rings. The number of nitrogens with two attached hydrogens (primary N) is 1. The summed E-state index contributed by atoms with van der Waals surface area (Å²) in [5.41, 5.74) is 8.43. The summed E-state index contributed by atoms with van der Waals surface area (Å²) in [6.07, 6.45) is 1.84. The predicted octanol–water partition coefficient (Wildman–Crippen LogP) is 2.03. The van der Waals surface area contributed by atoms with Gasteiger partial charge in [0.2, 0.25) is 0 Å². The molecule has 0 unspecified atom stereocenters. The van der Waals surface area contributed by atoms with Gasteiger partial charge in [-0.2, -0.15) is 0 Å². The van der Waals surface area contributed by atoms with Gasteiger partial charge in [-0.25, -0.2) is 4.98 Å². The minimum atomic E-state index is 0.572. The monoisotopic (exact) mass is 211 g/mol. The highest BCUT2D eigenvalue weighted by Crippen LogP contribution is 2.29. The highest BCUT2D eigenvalue weighted by atomic mass is 32.1. The lowest BCUT2D eigenvalue weighted by molar-refractivity contribution is 1.06. The summed E-state index contributed by atoms with van der Waals surface area (Å²) in [5, 5.41) is 1.03. The molecule has 5 heteroatoms. The van der Waals surface area contributed by atoms with Gasteiger partial charge in [0.1, 0.15) is 5.01 Å². The van der Waals surface area contributed by atoms with Gasteiger partial charge in [0, 0.05) is 17.6 Å². The minimum absolute atomic E-state index is 0.572. The molecule has 0 aliphatic carbocycles. The number of hydrogen-bond donors (Lipinski definition) is 1. The lowest BCUT2D eigenvalue weighted by atomic mass is 10.4. The summed E-state index contributed by atoms with van der Waals surface area (Å²) in [6, 6.07) is 0. The molecule has 0 atom stereocenters. The van der Waals surface area contributed by atoms with Crippen molar-refractivity contribution in [1.82, 2.24) is 9.97 Å². The third-order valence-electron chi connectivity index (χ3n) is 1.72. The second kappa shape index (κ2) is 3.53. The molecular weight excluding hydrogens is 202 g/mol. The molecule has 0 radical (unpaired) electrons. The van der Waals surface area contributed by atoms with Crippen LogP contribution >= 0.6 is 22.7 Å². The average Bonchev–Trinajstić information content (AvgIpc) is 2.71. The maximum Gasteiger partial charge on any atom is 0.135 e. The number of aromatic nitrogens is 2. The van der Waals surface area contributed by atoms with E-state index in [0.29, 0.717) is 6.54 Å². The van der Waals surface area contributed by atoms with E-state index in [1.807, 2.05) is 18.6 Å². The Morgan fingerprint density at radius 1 is 1.54 bits per heavy atom. The van der Waals surface area contributed by atoms with E-state index < -0.39 is 0 Å². The van der Waals surface area contributed by atoms with Crippen LogP contribution in [0, 0.1) is 6.92 Å². The van der Waals surface area contributed by atoms with E-state index in [2.05, 4.69) is 9.97 Å². The first-order valence-electron chi connectivity index (χ1n) is 3.86. The average molecular weight is 211 g/mol. The van der Waals surface area contributed by atoms with Crippen LogP contribution in [0.4, 0.5) is 0 Å². The largest absolute Gasteiger partial charge is 0.326 e. The maximum absolute atomic E-state index is 5.58. The van der Waals surface area contributed by atoms with Crippen LogP contribution in [0.3, 0.4) is 0 Å². The van der Waals surface area contributed by atoms with Crippen LogP contribution in [0.25, 0.3) is 9.88 Å². The van der Waals surface area contributed by atoms with Crippen molar-refractivity contribution in [3.63, 3.8) is 0 Å². The number of hydrogen-bond acceptors (Lipinski definition) is 5. The summed E-state index contributed by atoms with van der Waals surface area (Å²) in [4.78, 5) is 10.7. The van der Waals surface area contributed by atoms with Crippen molar-refractivity contribution in [2.75, 3.05) is 0 Å². The topological polar surface area (TPSA) is 51.8 Å². The molecular formula is C8H9N3S2. The lowest BCUT2D eigenvalue weighted by Crippen LogP contribution is -1.94. The molecule has 13 heavy (non-hydrogen) atoms. The van der Waals surface area contributed by atoms with Crippen molar-refractivity contribution < 1.29 is 0 Å². The second-order valence-electron chi connectivity index (χ2n) is 2.60. The Morgan fingerprint density at radius 2 is 2.38 bits per heavy atom. The maximum atomic E-state index is 5.58. The molecule has 2 aromatic rings. The highest BCUT2D eigenvalue weighted by molar-refractivity contribution is 7.20. The fourth-order valence-electron chi connectivity index (χ4n) is 1.04. The molecule has 2 N–H and O–H groups in total. The summed E-state index contributed by atoms with van der Waals surface area (Å²) in [5.74, 6) is 0. The fraction of sp³-hybridized carbons (Fsp3) is 0.250. The Balaban J connectivity index is 2.43. The lowest BCUT2D eigenvalue weighted by Gasteiger charge is -1.86. The van der Waals surface area contributed by atoms with Gasteiger partial charge in [0.25, 0.3) is 0 Å². The molecule has 2 heterocycles. The van der Waals surface area contributed by atoms with E-state index in [9.17, 15) is 0 Å². The van der Waals surface area contributed by atoms with Crippen molar-refractivity contribution in [3.8, 4) is 9.88 Å². The Labute approximate surface area is 84.3 Å². The quantitative estimate of drug-likeness (QED) is 0.827. The van der Waals surface area contributed by atoms with Gasteiger partial charge in [-0.1, -0.05) is 0 Å². The zero-order valence-electron chi connectivity index (χ0n) is 7.15. The van der Waals surface area contributed by atoms with E-state index >= 15 is 0 Å². The molecule has 0 aliphatic heterocycles. The third kappa shape index (κ3) is 1.63. The molecule has 0 aromatic carbocycles. The number of aryl methyl sites for hydroxylation is 1. The van der Waals surface area contributed by atoms with Gasteiger partial charge in [-0.3, -0.25) is 4.98 Å². The highest BCUT2D eigenvalue weighted by Gasteiger charge is 2.08. The second-order valence-corrected chi connectivity index (χ2v) is 4.57. The first kappa shape index (κ1) is 8.80. The summed E-state index contributed by atoms with van der Waals surface area (Å²) in [6.45, 7) is 2.56. The Hall–Kier alpha value is -0.780. The molecule has 0 saturated heterocycles. The van der Waals surface area contributed by atoms with Crippen molar-refractivity contribution in [3.05, 3.63) is 22.3 Å². The molecule has 0 bridgehead atoms. The van der Waals surface area contributed by atoms with E-state index in [1.165, 1.54) is 0 Å². The summed E-state index contributed by atoms with van der Waals surface area (Å²) >= 11 is 3.26. The molecule has 0 amide bonds. The molecule has 0 spiro atoms. The van der Waals surface area contributed by atoms with E-state index in [4.69, 9.17) is 5.73 Å². The standard InChI is InChI=1S/C8H9N3S2/c1-5-6(2-9)13-8(11-5)7-3-10-4-12-7/h3-4H,2,9H2,1H3. The van der Waals surface area contributed by atoms with Gasteiger partial charge in [-0.15, -0.1) is 22.7 Å². The smallest absolute Gasteiger partial charge is 0.135 e. The van der Waals surface area contributed by atoms with Crippen molar-refractivity contribution >= 4 is 22.7 Å². The van der Waals surface area contributed by atoms with Gasteiger partial charge < -0.3 is 5.73 Å². The van der Waals surface area contributed by atoms with Crippen LogP contribution in [0.2, 0.25) is 0 Å². The molecule has 0 saturated carbocycles. The van der Waals surface area contributed by atoms with E-state index in [1.54, 1.807) is 22.7 Å². The van der Waals surface area contributed by atoms with E-state index in [-0.39, 0.29) is 0 Å². The van der Waals surface area contributed by atoms with Gasteiger partial charge in [0.15, 0.2) is 0 Å². The van der Waals surface area contributed by atoms with Crippen molar-refractivity contribution in [2.24, 2.45) is 5.73 Å².